The van der Waals surface area contributed by atoms with E-state index in [1.807, 2.05) is 19.1 Å². The van der Waals surface area contributed by atoms with Crippen LogP contribution < -0.4 is 4.90 Å². The van der Waals surface area contributed by atoms with E-state index in [2.05, 4.69) is 20.9 Å². The van der Waals surface area contributed by atoms with Gasteiger partial charge in [0.2, 0.25) is 0 Å². The predicted molar refractivity (Wildman–Crippen MR) is 78.9 cm³/mol. The molecule has 0 bridgehead atoms. The first-order valence-corrected chi connectivity index (χ1v) is 7.23. The van der Waals surface area contributed by atoms with Crippen LogP contribution in [0.1, 0.15) is 19.0 Å². The van der Waals surface area contributed by atoms with Gasteiger partial charge in [0.05, 0.1) is 13.2 Å². The number of aromatic nitrogens is 1. The highest BCUT2D eigenvalue weighted by Crippen LogP contribution is 2.14. The van der Waals surface area contributed by atoms with Crippen LogP contribution in [0.2, 0.25) is 0 Å². The van der Waals surface area contributed by atoms with Gasteiger partial charge in [0.15, 0.2) is 0 Å². The Morgan fingerprint density at radius 2 is 2.24 bits per heavy atom. The van der Waals surface area contributed by atoms with Crippen molar-refractivity contribution in [3.05, 3.63) is 23.9 Å². The molecule has 1 fully saturated rings. The van der Waals surface area contributed by atoms with Gasteiger partial charge >= 0.3 is 5.97 Å². The average Bonchev–Trinajstić information content (AvgIpc) is 2.73. The molecule has 0 unspecified atom stereocenters. The van der Waals surface area contributed by atoms with Gasteiger partial charge in [0, 0.05) is 26.2 Å². The minimum atomic E-state index is -0.171. The Bertz CT molecular complexity index is 527. The third-order valence-electron chi connectivity index (χ3n) is 3.42. The number of rotatable bonds is 4. The maximum Gasteiger partial charge on any atom is 0.320 e. The van der Waals surface area contributed by atoms with Crippen molar-refractivity contribution in [1.29, 1.82) is 5.26 Å². The van der Waals surface area contributed by atoms with Gasteiger partial charge in [-0.3, -0.25) is 9.69 Å². The van der Waals surface area contributed by atoms with Crippen molar-refractivity contribution in [1.82, 2.24) is 9.88 Å². The molecule has 1 aliphatic heterocycles. The zero-order chi connectivity index (χ0) is 15.1. The molecule has 0 aromatic carbocycles. The highest BCUT2D eigenvalue weighted by molar-refractivity contribution is 5.71. The van der Waals surface area contributed by atoms with E-state index in [0.29, 0.717) is 18.8 Å². The van der Waals surface area contributed by atoms with E-state index in [0.717, 1.165) is 38.4 Å². The van der Waals surface area contributed by atoms with Gasteiger partial charge in [-0.05, 0) is 25.5 Å². The summed E-state index contributed by atoms with van der Waals surface area (Å²) in [6.45, 7) is 5.90. The van der Waals surface area contributed by atoms with E-state index >= 15 is 0 Å². The molecule has 0 radical (unpaired) electrons. The third-order valence-corrected chi connectivity index (χ3v) is 3.42. The second-order valence-electron chi connectivity index (χ2n) is 4.91. The maximum absolute atomic E-state index is 11.5. The van der Waals surface area contributed by atoms with Gasteiger partial charge in [-0.15, -0.1) is 0 Å². The number of nitriles is 1. The first-order valence-electron chi connectivity index (χ1n) is 7.23. The Hall–Kier alpha value is -2.13. The number of carbonyl (C=O) groups is 1. The van der Waals surface area contributed by atoms with Crippen LogP contribution in [0.25, 0.3) is 0 Å². The maximum atomic E-state index is 11.5. The minimum Gasteiger partial charge on any atom is -0.465 e. The Labute approximate surface area is 124 Å². The molecule has 2 rings (SSSR count). The Balaban J connectivity index is 1.94. The molecule has 1 aliphatic rings. The summed E-state index contributed by atoms with van der Waals surface area (Å²) in [5.74, 6) is 0.655. The summed E-state index contributed by atoms with van der Waals surface area (Å²) in [4.78, 5) is 20.1. The van der Waals surface area contributed by atoms with E-state index in [4.69, 9.17) is 10.00 Å². The van der Waals surface area contributed by atoms with Gasteiger partial charge in [-0.25, -0.2) is 4.98 Å². The first kappa shape index (κ1) is 15.3. The summed E-state index contributed by atoms with van der Waals surface area (Å²) in [5, 5.41) is 8.92. The van der Waals surface area contributed by atoms with Crippen LogP contribution in [0.3, 0.4) is 0 Å². The van der Waals surface area contributed by atoms with Gasteiger partial charge in [-0.2, -0.15) is 5.26 Å². The van der Waals surface area contributed by atoms with E-state index in [9.17, 15) is 4.79 Å². The summed E-state index contributed by atoms with van der Waals surface area (Å²) in [7, 11) is 0. The molecule has 0 saturated carbocycles. The van der Waals surface area contributed by atoms with E-state index in [-0.39, 0.29) is 5.97 Å². The number of ether oxygens (including phenoxy) is 1. The van der Waals surface area contributed by atoms with Crippen molar-refractivity contribution in [2.45, 2.75) is 13.3 Å². The van der Waals surface area contributed by atoms with Crippen LogP contribution in [-0.4, -0.2) is 55.2 Å². The number of anilines is 1. The third kappa shape index (κ3) is 4.43. The number of esters is 1. The summed E-state index contributed by atoms with van der Waals surface area (Å²) in [5.41, 5.74) is 0.431. The molecule has 6 heteroatoms. The Morgan fingerprint density at radius 3 is 3.00 bits per heavy atom. The molecule has 0 amide bonds. The van der Waals surface area contributed by atoms with E-state index < -0.39 is 0 Å². The van der Waals surface area contributed by atoms with Crippen LogP contribution in [0.15, 0.2) is 18.2 Å². The van der Waals surface area contributed by atoms with Crippen LogP contribution in [0.5, 0.6) is 0 Å². The van der Waals surface area contributed by atoms with Crippen molar-refractivity contribution >= 4 is 11.8 Å². The number of pyridine rings is 1. The molecule has 1 aromatic rings. The molecule has 0 N–H and O–H groups in total. The van der Waals surface area contributed by atoms with Crippen LogP contribution in [0.4, 0.5) is 5.82 Å². The molecular weight excluding hydrogens is 268 g/mol. The lowest BCUT2D eigenvalue weighted by Crippen LogP contribution is -2.35. The quantitative estimate of drug-likeness (QED) is 0.771. The minimum absolute atomic E-state index is 0.171. The molecule has 112 valence electrons. The summed E-state index contributed by atoms with van der Waals surface area (Å²) in [6.07, 6.45) is 0.956. The molecular formula is C15H20N4O2. The summed E-state index contributed by atoms with van der Waals surface area (Å²) in [6, 6.07) is 7.53. The molecule has 6 nitrogen and oxygen atoms in total. The van der Waals surface area contributed by atoms with Crippen molar-refractivity contribution in [3.63, 3.8) is 0 Å². The van der Waals surface area contributed by atoms with Gasteiger partial charge in [0.25, 0.3) is 0 Å². The van der Waals surface area contributed by atoms with Crippen molar-refractivity contribution in [2.24, 2.45) is 0 Å². The number of nitrogens with zero attached hydrogens (tertiary/aromatic N) is 4. The standard InChI is InChI=1S/C15H20N4O2/c1-2-21-15(20)12-18-7-4-8-19(10-9-18)14-6-3-5-13(11-16)17-14/h3,5-6H,2,4,7-10,12H2,1H3. The largest absolute Gasteiger partial charge is 0.465 e. The topological polar surface area (TPSA) is 69.5 Å². The van der Waals surface area contributed by atoms with Gasteiger partial charge < -0.3 is 9.64 Å². The molecule has 1 saturated heterocycles. The smallest absolute Gasteiger partial charge is 0.320 e. The van der Waals surface area contributed by atoms with Crippen molar-refractivity contribution in [2.75, 3.05) is 44.2 Å². The molecule has 2 heterocycles. The highest BCUT2D eigenvalue weighted by Gasteiger charge is 2.18. The fourth-order valence-electron chi connectivity index (χ4n) is 2.41. The molecule has 0 aliphatic carbocycles. The number of hydrogen-bond donors (Lipinski definition) is 0. The lowest BCUT2D eigenvalue weighted by molar-refractivity contribution is -0.144. The second-order valence-corrected chi connectivity index (χ2v) is 4.91. The zero-order valence-corrected chi connectivity index (χ0v) is 12.3. The molecule has 1 aromatic heterocycles. The first-order chi connectivity index (χ1) is 10.2. The van der Waals surface area contributed by atoms with Gasteiger partial charge in [0.1, 0.15) is 17.6 Å². The fraction of sp³-hybridized carbons (Fsp3) is 0.533. The lowest BCUT2D eigenvalue weighted by atomic mass is 10.3. The zero-order valence-electron chi connectivity index (χ0n) is 12.3. The molecule has 0 atom stereocenters. The van der Waals surface area contributed by atoms with E-state index in [1.54, 1.807) is 6.07 Å². The lowest BCUT2D eigenvalue weighted by Gasteiger charge is -2.22. The fourth-order valence-corrected chi connectivity index (χ4v) is 2.41. The predicted octanol–water partition coefficient (Wildman–Crippen LogP) is 1.03. The van der Waals surface area contributed by atoms with Crippen molar-refractivity contribution < 1.29 is 9.53 Å². The van der Waals surface area contributed by atoms with Crippen LogP contribution in [-0.2, 0) is 9.53 Å². The SMILES string of the molecule is CCOC(=O)CN1CCCN(c2cccc(C#N)n2)CC1. The van der Waals surface area contributed by atoms with Crippen molar-refractivity contribution in [3.8, 4) is 6.07 Å². The average molecular weight is 288 g/mol. The highest BCUT2D eigenvalue weighted by atomic mass is 16.5. The summed E-state index contributed by atoms with van der Waals surface area (Å²) >= 11 is 0. The van der Waals surface area contributed by atoms with Crippen LogP contribution in [0, 0.1) is 11.3 Å². The summed E-state index contributed by atoms with van der Waals surface area (Å²) < 4.78 is 4.98. The Kier molecular flexibility index (Phi) is 5.52. The van der Waals surface area contributed by atoms with E-state index in [1.165, 1.54) is 0 Å². The second kappa shape index (κ2) is 7.60. The Morgan fingerprint density at radius 1 is 1.38 bits per heavy atom. The number of carbonyl (C=O) groups excluding carboxylic acids is 1. The normalized spacial score (nSPS) is 16.1. The molecule has 0 spiro atoms. The van der Waals surface area contributed by atoms with Crippen LogP contribution >= 0.6 is 0 Å². The monoisotopic (exact) mass is 288 g/mol. The number of hydrogen-bond acceptors (Lipinski definition) is 6. The molecule has 21 heavy (non-hydrogen) atoms. The van der Waals surface area contributed by atoms with Gasteiger partial charge in [-0.1, -0.05) is 6.07 Å².